The van der Waals surface area contributed by atoms with E-state index in [2.05, 4.69) is 56.3 Å². The number of rotatable bonds is 6. The van der Waals surface area contributed by atoms with E-state index in [1.807, 2.05) is 12.4 Å². The molecule has 1 N–H and O–H groups in total. The van der Waals surface area contributed by atoms with Crippen LogP contribution in [0.4, 0.5) is 5.95 Å². The van der Waals surface area contributed by atoms with Gasteiger partial charge in [-0.2, -0.15) is 0 Å². The van der Waals surface area contributed by atoms with Gasteiger partial charge in [-0.1, -0.05) is 36.2 Å². The highest BCUT2D eigenvalue weighted by atomic mass is 16.1. The minimum Gasteiger partial charge on any atom is -0.355 e. The Kier molecular flexibility index (Phi) is 6.95. The molecule has 0 spiro atoms. The average molecular weight is 408 g/mol. The Morgan fingerprint density at radius 2 is 1.73 bits per heavy atom. The first-order chi connectivity index (χ1) is 14.7. The second-order valence-corrected chi connectivity index (χ2v) is 8.62. The van der Waals surface area contributed by atoms with Gasteiger partial charge in [0.2, 0.25) is 11.9 Å². The Balaban J connectivity index is 1.29. The molecule has 2 aliphatic heterocycles. The highest BCUT2D eigenvalue weighted by molar-refractivity contribution is 5.79. The van der Waals surface area contributed by atoms with Crippen molar-refractivity contribution in [2.24, 2.45) is 5.92 Å². The van der Waals surface area contributed by atoms with Crippen molar-refractivity contribution in [3.8, 4) is 11.1 Å². The maximum Gasteiger partial charge on any atom is 0.225 e. The largest absolute Gasteiger partial charge is 0.355 e. The van der Waals surface area contributed by atoms with E-state index in [4.69, 9.17) is 0 Å². The SMILES string of the molecule is Cc1ccc(-c2cnc(N3CCC[C@H](C(=O)NCCN4CCCCC4)C3)nc2)cc1. The third kappa shape index (κ3) is 5.36. The molecule has 1 amide bonds. The lowest BCUT2D eigenvalue weighted by Crippen LogP contribution is -2.45. The van der Waals surface area contributed by atoms with E-state index in [0.717, 1.165) is 49.6 Å². The van der Waals surface area contributed by atoms with Gasteiger partial charge in [0.05, 0.1) is 5.92 Å². The zero-order chi connectivity index (χ0) is 20.8. The lowest BCUT2D eigenvalue weighted by Gasteiger charge is -2.32. The van der Waals surface area contributed by atoms with E-state index in [1.54, 1.807) is 0 Å². The number of aryl methyl sites for hydroxylation is 1. The van der Waals surface area contributed by atoms with Gasteiger partial charge >= 0.3 is 0 Å². The van der Waals surface area contributed by atoms with Crippen molar-refractivity contribution in [1.29, 1.82) is 0 Å². The molecule has 2 saturated heterocycles. The summed E-state index contributed by atoms with van der Waals surface area (Å²) in [6.45, 7) is 7.73. The molecule has 160 valence electrons. The van der Waals surface area contributed by atoms with Crippen LogP contribution >= 0.6 is 0 Å². The van der Waals surface area contributed by atoms with E-state index in [9.17, 15) is 4.79 Å². The van der Waals surface area contributed by atoms with Crippen molar-refractivity contribution in [1.82, 2.24) is 20.2 Å². The van der Waals surface area contributed by atoms with Crippen LogP contribution in [0.2, 0.25) is 0 Å². The molecule has 2 aromatic rings. The van der Waals surface area contributed by atoms with Crippen LogP contribution in [-0.2, 0) is 4.79 Å². The average Bonchev–Trinajstić information content (AvgIpc) is 2.80. The molecule has 0 saturated carbocycles. The molecule has 3 heterocycles. The van der Waals surface area contributed by atoms with Crippen LogP contribution in [-0.4, -0.2) is 60.0 Å². The number of carbonyl (C=O) groups is 1. The highest BCUT2D eigenvalue weighted by Crippen LogP contribution is 2.23. The Bertz CT molecular complexity index is 814. The van der Waals surface area contributed by atoms with Crippen molar-refractivity contribution in [3.63, 3.8) is 0 Å². The molecule has 2 fully saturated rings. The van der Waals surface area contributed by atoms with Crippen LogP contribution in [0, 0.1) is 12.8 Å². The van der Waals surface area contributed by atoms with Crippen molar-refractivity contribution >= 4 is 11.9 Å². The number of benzene rings is 1. The summed E-state index contributed by atoms with van der Waals surface area (Å²) in [5.41, 5.74) is 3.38. The summed E-state index contributed by atoms with van der Waals surface area (Å²) < 4.78 is 0. The van der Waals surface area contributed by atoms with Gasteiger partial charge in [0.15, 0.2) is 0 Å². The van der Waals surface area contributed by atoms with Gasteiger partial charge in [-0.25, -0.2) is 9.97 Å². The van der Waals surface area contributed by atoms with Crippen molar-refractivity contribution in [2.45, 2.75) is 39.0 Å². The fourth-order valence-electron chi connectivity index (χ4n) is 4.42. The normalized spacial score (nSPS) is 20.2. The number of amides is 1. The Morgan fingerprint density at radius 3 is 2.47 bits per heavy atom. The monoisotopic (exact) mass is 407 g/mol. The molecule has 1 aromatic heterocycles. The lowest BCUT2D eigenvalue weighted by atomic mass is 9.97. The van der Waals surface area contributed by atoms with Crippen molar-refractivity contribution < 1.29 is 4.79 Å². The smallest absolute Gasteiger partial charge is 0.225 e. The maximum absolute atomic E-state index is 12.7. The number of anilines is 1. The number of hydrogen-bond acceptors (Lipinski definition) is 5. The second-order valence-electron chi connectivity index (χ2n) is 8.62. The number of piperidine rings is 2. The van der Waals surface area contributed by atoms with Gasteiger partial charge in [0, 0.05) is 44.1 Å². The van der Waals surface area contributed by atoms with E-state index in [1.165, 1.54) is 37.9 Å². The highest BCUT2D eigenvalue weighted by Gasteiger charge is 2.27. The number of likely N-dealkylation sites (tertiary alicyclic amines) is 1. The standard InChI is InChI=1S/C24H33N5O/c1-19-7-9-20(10-8-19)22-16-26-24(27-17-22)29-14-5-6-21(18-29)23(30)25-11-15-28-12-3-2-4-13-28/h7-10,16-17,21H,2-6,11-15,18H2,1H3,(H,25,30)/t21-/m0/s1. The maximum atomic E-state index is 12.7. The third-order valence-corrected chi connectivity index (χ3v) is 6.27. The number of aromatic nitrogens is 2. The summed E-state index contributed by atoms with van der Waals surface area (Å²) in [5, 5.41) is 3.16. The van der Waals surface area contributed by atoms with E-state index in [0.29, 0.717) is 6.54 Å². The first kappa shape index (κ1) is 20.8. The molecule has 0 bridgehead atoms. The Morgan fingerprint density at radius 1 is 1.00 bits per heavy atom. The molecule has 0 aliphatic carbocycles. The van der Waals surface area contributed by atoms with Gasteiger partial charge in [0.25, 0.3) is 0 Å². The number of hydrogen-bond donors (Lipinski definition) is 1. The fraction of sp³-hybridized carbons (Fsp3) is 0.542. The van der Waals surface area contributed by atoms with Gasteiger partial charge < -0.3 is 15.1 Å². The van der Waals surface area contributed by atoms with Crippen LogP contribution in [0.1, 0.15) is 37.7 Å². The van der Waals surface area contributed by atoms with Gasteiger partial charge in [-0.3, -0.25) is 4.79 Å². The predicted octanol–water partition coefficient (Wildman–Crippen LogP) is 3.27. The fourth-order valence-corrected chi connectivity index (χ4v) is 4.42. The Labute approximate surface area is 179 Å². The zero-order valence-corrected chi connectivity index (χ0v) is 18.0. The van der Waals surface area contributed by atoms with Crippen LogP contribution in [0.5, 0.6) is 0 Å². The molecule has 30 heavy (non-hydrogen) atoms. The van der Waals surface area contributed by atoms with Crippen LogP contribution in [0.3, 0.4) is 0 Å². The molecule has 0 unspecified atom stereocenters. The summed E-state index contributed by atoms with van der Waals surface area (Å²) in [6.07, 6.45) is 9.61. The van der Waals surface area contributed by atoms with E-state index >= 15 is 0 Å². The summed E-state index contributed by atoms with van der Waals surface area (Å²) in [5.74, 6) is 0.908. The molecule has 6 nitrogen and oxygen atoms in total. The van der Waals surface area contributed by atoms with Gasteiger partial charge in [-0.15, -0.1) is 0 Å². The molecular formula is C24H33N5O. The molecule has 6 heteroatoms. The quantitative estimate of drug-likeness (QED) is 0.796. The molecule has 1 atom stereocenters. The van der Waals surface area contributed by atoms with E-state index < -0.39 is 0 Å². The minimum absolute atomic E-state index is 0.0143. The lowest BCUT2D eigenvalue weighted by molar-refractivity contribution is -0.125. The van der Waals surface area contributed by atoms with Crippen molar-refractivity contribution in [3.05, 3.63) is 42.2 Å². The summed E-state index contributed by atoms with van der Waals surface area (Å²) in [4.78, 5) is 26.5. The summed E-state index contributed by atoms with van der Waals surface area (Å²) >= 11 is 0. The van der Waals surface area contributed by atoms with Crippen LogP contribution in [0.15, 0.2) is 36.7 Å². The zero-order valence-electron chi connectivity index (χ0n) is 18.0. The Hall–Kier alpha value is -2.47. The topological polar surface area (TPSA) is 61.4 Å². The third-order valence-electron chi connectivity index (χ3n) is 6.27. The van der Waals surface area contributed by atoms with Crippen LogP contribution < -0.4 is 10.2 Å². The molecule has 4 rings (SSSR count). The molecule has 2 aliphatic rings. The first-order valence-corrected chi connectivity index (χ1v) is 11.3. The molecule has 0 radical (unpaired) electrons. The minimum atomic E-state index is 0.0143. The number of nitrogens with one attached hydrogen (secondary N) is 1. The summed E-state index contributed by atoms with van der Waals surface area (Å²) in [6, 6.07) is 8.39. The predicted molar refractivity (Wildman–Crippen MR) is 120 cm³/mol. The molecular weight excluding hydrogens is 374 g/mol. The van der Waals surface area contributed by atoms with Crippen LogP contribution in [0.25, 0.3) is 11.1 Å². The van der Waals surface area contributed by atoms with E-state index in [-0.39, 0.29) is 11.8 Å². The van der Waals surface area contributed by atoms with Gasteiger partial charge in [-0.05, 0) is 51.3 Å². The van der Waals surface area contributed by atoms with Gasteiger partial charge in [0.1, 0.15) is 0 Å². The number of carbonyl (C=O) groups excluding carboxylic acids is 1. The summed E-state index contributed by atoms with van der Waals surface area (Å²) in [7, 11) is 0. The van der Waals surface area contributed by atoms with Crippen molar-refractivity contribution in [2.75, 3.05) is 44.2 Å². The second kappa shape index (κ2) is 10.0. The molecule has 1 aromatic carbocycles. The first-order valence-electron chi connectivity index (χ1n) is 11.3. The number of nitrogens with zero attached hydrogens (tertiary/aromatic N) is 4.